The second-order valence-electron chi connectivity index (χ2n) is 9.47. The summed E-state index contributed by atoms with van der Waals surface area (Å²) in [5.41, 5.74) is 1.92. The first kappa shape index (κ1) is 20.6. The maximum atomic E-state index is 12.5. The molecule has 0 N–H and O–H groups in total. The van der Waals surface area contributed by atoms with Crippen molar-refractivity contribution in [3.8, 4) is 0 Å². The van der Waals surface area contributed by atoms with E-state index in [9.17, 15) is 9.59 Å². The van der Waals surface area contributed by atoms with E-state index in [1.807, 2.05) is 6.92 Å². The molecule has 0 aromatic carbocycles. The summed E-state index contributed by atoms with van der Waals surface area (Å²) in [4.78, 5) is 24.1. The van der Waals surface area contributed by atoms with Gasteiger partial charge in [0, 0.05) is 12.0 Å². The highest BCUT2D eigenvalue weighted by atomic mass is 16.1. The molecule has 0 amide bonds. The number of rotatable bonds is 7. The average Bonchev–Trinajstić information content (AvgIpc) is 2.71. The minimum atomic E-state index is 0.279. The molecule has 0 heterocycles. The Morgan fingerprint density at radius 2 is 1.59 bits per heavy atom. The van der Waals surface area contributed by atoms with Crippen LogP contribution in [0.15, 0.2) is 17.2 Å². The third kappa shape index (κ3) is 5.92. The highest BCUT2D eigenvalue weighted by molar-refractivity contribution is 5.94. The molecule has 0 aromatic rings. The van der Waals surface area contributed by atoms with Crippen LogP contribution in [0.5, 0.6) is 0 Å². The van der Waals surface area contributed by atoms with Gasteiger partial charge in [0.15, 0.2) is 5.78 Å². The quantitative estimate of drug-likeness (QED) is 0.373. The van der Waals surface area contributed by atoms with Crippen molar-refractivity contribution < 1.29 is 9.59 Å². The van der Waals surface area contributed by atoms with E-state index in [-0.39, 0.29) is 5.78 Å². The highest BCUT2D eigenvalue weighted by Crippen LogP contribution is 2.44. The lowest BCUT2D eigenvalue weighted by Crippen LogP contribution is -2.28. The van der Waals surface area contributed by atoms with Crippen molar-refractivity contribution in [2.24, 2.45) is 23.7 Å². The van der Waals surface area contributed by atoms with Gasteiger partial charge in [-0.2, -0.15) is 0 Å². The summed E-state index contributed by atoms with van der Waals surface area (Å²) in [5, 5.41) is 0. The van der Waals surface area contributed by atoms with E-state index >= 15 is 0 Å². The SMILES string of the molecule is CC(=CC1CCCCC1)C(=O)CCCC(=C=O)C1CCC2CCCCC2C1. The zero-order chi connectivity index (χ0) is 19.1. The lowest BCUT2D eigenvalue weighted by Gasteiger charge is -2.39. The van der Waals surface area contributed by atoms with Crippen molar-refractivity contribution in [3.63, 3.8) is 0 Å². The van der Waals surface area contributed by atoms with Gasteiger partial charge in [-0.15, -0.1) is 0 Å². The highest BCUT2D eigenvalue weighted by Gasteiger charge is 2.33. The van der Waals surface area contributed by atoms with Crippen LogP contribution in [0.1, 0.15) is 103 Å². The molecule has 150 valence electrons. The third-order valence-corrected chi connectivity index (χ3v) is 7.59. The Morgan fingerprint density at radius 3 is 2.33 bits per heavy atom. The second kappa shape index (κ2) is 10.4. The van der Waals surface area contributed by atoms with Crippen LogP contribution in [0.25, 0.3) is 0 Å². The number of ketones is 1. The third-order valence-electron chi connectivity index (χ3n) is 7.59. The van der Waals surface area contributed by atoms with Gasteiger partial charge in [-0.3, -0.25) is 4.79 Å². The molecule has 0 radical (unpaired) electrons. The molecule has 0 bridgehead atoms. The summed E-state index contributed by atoms with van der Waals surface area (Å²) in [6, 6.07) is 0. The fraction of sp³-hybridized carbons (Fsp3) is 0.800. The summed E-state index contributed by atoms with van der Waals surface area (Å²) in [7, 11) is 0. The number of hydrogen-bond acceptors (Lipinski definition) is 2. The van der Waals surface area contributed by atoms with Crippen LogP contribution in [0.2, 0.25) is 0 Å². The van der Waals surface area contributed by atoms with Crippen molar-refractivity contribution in [2.75, 3.05) is 0 Å². The summed E-state index contributed by atoms with van der Waals surface area (Å²) in [6.07, 6.45) is 20.0. The summed E-state index contributed by atoms with van der Waals surface area (Å²) >= 11 is 0. The number of allylic oxidation sites excluding steroid dienone is 3. The van der Waals surface area contributed by atoms with Crippen LogP contribution < -0.4 is 0 Å². The van der Waals surface area contributed by atoms with Gasteiger partial charge in [0.05, 0.1) is 0 Å². The number of carbonyl (C=O) groups is 1. The maximum Gasteiger partial charge on any atom is 0.158 e. The van der Waals surface area contributed by atoms with Gasteiger partial charge in [0.25, 0.3) is 0 Å². The fourth-order valence-corrected chi connectivity index (χ4v) is 5.91. The molecule has 3 rings (SSSR count). The predicted octanol–water partition coefficient (Wildman–Crippen LogP) is 6.62. The van der Waals surface area contributed by atoms with E-state index in [1.165, 1.54) is 77.0 Å². The van der Waals surface area contributed by atoms with Gasteiger partial charge in [-0.1, -0.05) is 51.0 Å². The van der Waals surface area contributed by atoms with E-state index in [4.69, 9.17) is 0 Å². The van der Waals surface area contributed by atoms with E-state index < -0.39 is 0 Å². The Kier molecular flexibility index (Phi) is 7.94. The molecule has 3 aliphatic carbocycles. The Hall–Kier alpha value is -1.14. The van der Waals surface area contributed by atoms with Crippen molar-refractivity contribution in [1.82, 2.24) is 0 Å². The monoisotopic (exact) mass is 370 g/mol. The van der Waals surface area contributed by atoms with E-state index in [2.05, 4.69) is 12.0 Å². The molecule has 3 aliphatic rings. The van der Waals surface area contributed by atoms with Crippen molar-refractivity contribution in [1.29, 1.82) is 0 Å². The lowest BCUT2D eigenvalue weighted by atomic mass is 9.66. The van der Waals surface area contributed by atoms with Crippen molar-refractivity contribution >= 4 is 11.7 Å². The Labute approximate surface area is 165 Å². The summed E-state index contributed by atoms with van der Waals surface area (Å²) < 4.78 is 0. The molecule has 3 unspecified atom stereocenters. The van der Waals surface area contributed by atoms with Crippen LogP contribution in [0, 0.1) is 23.7 Å². The zero-order valence-corrected chi connectivity index (χ0v) is 17.3. The predicted molar refractivity (Wildman–Crippen MR) is 111 cm³/mol. The summed E-state index contributed by atoms with van der Waals surface area (Å²) in [5.74, 6) is 5.36. The smallest absolute Gasteiger partial charge is 0.158 e. The van der Waals surface area contributed by atoms with Crippen molar-refractivity contribution in [2.45, 2.75) is 103 Å². The molecule has 2 nitrogen and oxygen atoms in total. The molecule has 0 saturated heterocycles. The number of carbonyl (C=O) groups excluding carboxylic acids is 2. The molecule has 3 fully saturated rings. The zero-order valence-electron chi connectivity index (χ0n) is 17.3. The number of fused-ring (bicyclic) bond motifs is 1. The van der Waals surface area contributed by atoms with Crippen LogP contribution in [-0.2, 0) is 9.59 Å². The average molecular weight is 371 g/mol. The molecule has 3 atom stereocenters. The topological polar surface area (TPSA) is 34.1 Å². The molecule has 3 saturated carbocycles. The van der Waals surface area contributed by atoms with Crippen LogP contribution >= 0.6 is 0 Å². The number of hydrogen-bond donors (Lipinski definition) is 0. The number of Topliss-reactive ketones (excluding diaryl/α,β-unsaturated/α-hetero) is 1. The first-order chi connectivity index (χ1) is 13.2. The first-order valence-corrected chi connectivity index (χ1v) is 11.6. The Balaban J connectivity index is 1.43. The normalized spacial score (nSPS) is 29.7. The molecule has 0 aromatic heterocycles. The molecule has 0 aliphatic heterocycles. The molecule has 27 heavy (non-hydrogen) atoms. The summed E-state index contributed by atoms with van der Waals surface area (Å²) in [6.45, 7) is 1.98. The van der Waals surface area contributed by atoms with E-state index in [0.717, 1.165) is 35.8 Å². The maximum absolute atomic E-state index is 12.5. The largest absolute Gasteiger partial charge is 0.295 e. The van der Waals surface area contributed by atoms with Crippen molar-refractivity contribution in [3.05, 3.63) is 17.2 Å². The molecular formula is C25H38O2. The second-order valence-corrected chi connectivity index (χ2v) is 9.47. The van der Waals surface area contributed by atoms with Gasteiger partial charge < -0.3 is 0 Å². The Bertz CT molecular complexity index is 575. The molecular weight excluding hydrogens is 332 g/mol. The van der Waals surface area contributed by atoms with Crippen LogP contribution in [0.4, 0.5) is 0 Å². The van der Waals surface area contributed by atoms with Gasteiger partial charge in [-0.25, -0.2) is 4.79 Å². The van der Waals surface area contributed by atoms with Gasteiger partial charge in [0.1, 0.15) is 5.94 Å². The standard InChI is InChI=1S/C25H38O2/c1-19(16-20-8-3-2-4-9-20)25(27)13-7-12-24(18-26)23-15-14-21-10-5-6-11-22(21)17-23/h16,20-23H,2-15,17H2,1H3. The molecule has 0 spiro atoms. The molecule has 2 heteroatoms. The van der Waals surface area contributed by atoms with E-state index in [1.54, 1.807) is 0 Å². The van der Waals surface area contributed by atoms with Gasteiger partial charge in [0.2, 0.25) is 0 Å². The fourth-order valence-electron chi connectivity index (χ4n) is 5.91. The minimum Gasteiger partial charge on any atom is -0.295 e. The lowest BCUT2D eigenvalue weighted by molar-refractivity contribution is -0.115. The van der Waals surface area contributed by atoms with E-state index in [0.29, 0.717) is 18.3 Å². The minimum absolute atomic E-state index is 0.279. The van der Waals surface area contributed by atoms with Gasteiger partial charge in [-0.05, 0) is 81.1 Å². The Morgan fingerprint density at radius 1 is 0.889 bits per heavy atom. The van der Waals surface area contributed by atoms with Crippen LogP contribution in [-0.4, -0.2) is 11.7 Å². The first-order valence-electron chi connectivity index (χ1n) is 11.6. The van der Waals surface area contributed by atoms with Gasteiger partial charge >= 0.3 is 0 Å². The van der Waals surface area contributed by atoms with Crippen LogP contribution in [0.3, 0.4) is 0 Å².